The van der Waals surface area contributed by atoms with Crippen LogP contribution in [-0.2, 0) is 13.0 Å². The van der Waals surface area contributed by atoms with Gasteiger partial charge in [0.2, 0.25) is 0 Å². The van der Waals surface area contributed by atoms with Crippen LogP contribution in [0.3, 0.4) is 0 Å². The van der Waals surface area contributed by atoms with Crippen LogP contribution in [0.25, 0.3) is 11.0 Å². The van der Waals surface area contributed by atoms with Crippen LogP contribution in [0.4, 0.5) is 0 Å². The zero-order chi connectivity index (χ0) is 13.8. The first-order chi connectivity index (χ1) is 9.81. The number of para-hydroxylation sites is 1. The van der Waals surface area contributed by atoms with Crippen molar-refractivity contribution in [3.05, 3.63) is 70.9 Å². The van der Waals surface area contributed by atoms with Crippen LogP contribution in [0, 0.1) is 0 Å². The van der Waals surface area contributed by atoms with E-state index in [-0.39, 0.29) is 0 Å². The summed E-state index contributed by atoms with van der Waals surface area (Å²) in [5.74, 6) is 0.974. The van der Waals surface area contributed by atoms with Crippen LogP contribution in [0.5, 0.6) is 0 Å². The van der Waals surface area contributed by atoms with E-state index in [9.17, 15) is 0 Å². The molecule has 1 heterocycles. The van der Waals surface area contributed by atoms with E-state index < -0.39 is 0 Å². The average Bonchev–Trinajstić information content (AvgIpc) is 2.88. The van der Waals surface area contributed by atoms with Gasteiger partial charge < -0.3 is 9.73 Å². The molecule has 0 saturated carbocycles. The molecule has 0 bridgehead atoms. The van der Waals surface area contributed by atoms with Crippen LogP contribution in [-0.4, -0.2) is 6.54 Å². The first-order valence-corrected chi connectivity index (χ1v) is 7.12. The second-order valence-corrected chi connectivity index (χ2v) is 5.24. The fourth-order valence-corrected chi connectivity index (χ4v) is 2.35. The third-order valence-electron chi connectivity index (χ3n) is 3.28. The maximum atomic E-state index is 5.86. The van der Waals surface area contributed by atoms with Crippen LogP contribution >= 0.6 is 11.6 Å². The smallest absolute Gasteiger partial charge is 0.134 e. The molecule has 0 saturated heterocycles. The van der Waals surface area contributed by atoms with Crippen molar-refractivity contribution in [2.24, 2.45) is 0 Å². The zero-order valence-electron chi connectivity index (χ0n) is 11.1. The molecule has 0 aliphatic heterocycles. The molecule has 2 aromatic carbocycles. The topological polar surface area (TPSA) is 25.2 Å². The molecular weight excluding hydrogens is 270 g/mol. The molecule has 0 aliphatic carbocycles. The van der Waals surface area contributed by atoms with Crippen molar-refractivity contribution in [3.63, 3.8) is 0 Å². The largest absolute Gasteiger partial charge is 0.460 e. The van der Waals surface area contributed by atoms with E-state index in [1.54, 1.807) is 0 Å². The van der Waals surface area contributed by atoms with Gasteiger partial charge in [-0.25, -0.2) is 0 Å². The molecule has 1 N–H and O–H groups in total. The predicted molar refractivity (Wildman–Crippen MR) is 83.1 cm³/mol. The minimum Gasteiger partial charge on any atom is -0.460 e. The minimum absolute atomic E-state index is 0.752. The van der Waals surface area contributed by atoms with E-state index in [4.69, 9.17) is 16.0 Å². The fourth-order valence-electron chi connectivity index (χ4n) is 2.22. The lowest BCUT2D eigenvalue weighted by atomic mass is 10.1. The summed E-state index contributed by atoms with van der Waals surface area (Å²) in [4.78, 5) is 0. The summed E-state index contributed by atoms with van der Waals surface area (Å²) in [5, 5.41) is 5.34. The van der Waals surface area contributed by atoms with E-state index in [0.717, 1.165) is 41.3 Å². The first-order valence-electron chi connectivity index (χ1n) is 6.74. The van der Waals surface area contributed by atoms with Crippen molar-refractivity contribution in [2.75, 3.05) is 6.54 Å². The molecule has 2 nitrogen and oxygen atoms in total. The Morgan fingerprint density at radius 1 is 1.00 bits per heavy atom. The summed E-state index contributed by atoms with van der Waals surface area (Å²) in [6.07, 6.45) is 0.984. The quantitative estimate of drug-likeness (QED) is 0.702. The lowest BCUT2D eigenvalue weighted by molar-refractivity contribution is 0.515. The van der Waals surface area contributed by atoms with E-state index in [1.807, 2.05) is 30.3 Å². The molecule has 1 aromatic heterocycles. The molecule has 20 heavy (non-hydrogen) atoms. The Morgan fingerprint density at radius 2 is 1.80 bits per heavy atom. The molecule has 3 heteroatoms. The molecule has 3 aromatic rings. The Bertz CT molecular complexity index is 655. The molecule has 3 rings (SSSR count). The lowest BCUT2D eigenvalue weighted by Gasteiger charge is -2.03. The Labute approximate surface area is 123 Å². The molecule has 0 fully saturated rings. The van der Waals surface area contributed by atoms with Crippen molar-refractivity contribution >= 4 is 22.6 Å². The van der Waals surface area contributed by atoms with Gasteiger partial charge in [0.15, 0.2) is 0 Å². The van der Waals surface area contributed by atoms with Crippen molar-refractivity contribution in [1.29, 1.82) is 0 Å². The Morgan fingerprint density at radius 3 is 2.60 bits per heavy atom. The standard InChI is InChI=1S/C17H16ClNO/c18-15-7-5-13(6-8-15)9-10-19-12-16-11-14-3-1-2-4-17(14)20-16/h1-8,11,19H,9-10,12H2. The highest BCUT2D eigenvalue weighted by molar-refractivity contribution is 6.30. The number of halogens is 1. The van der Waals surface area contributed by atoms with Gasteiger partial charge in [0.25, 0.3) is 0 Å². The highest BCUT2D eigenvalue weighted by Gasteiger charge is 2.02. The molecule has 0 aliphatic rings. The number of rotatable bonds is 5. The highest BCUT2D eigenvalue weighted by atomic mass is 35.5. The summed E-state index contributed by atoms with van der Waals surface area (Å²) in [7, 11) is 0. The monoisotopic (exact) mass is 285 g/mol. The molecule has 0 atom stereocenters. The number of benzene rings is 2. The summed E-state index contributed by atoms with van der Waals surface area (Å²) in [5.41, 5.74) is 2.23. The maximum Gasteiger partial charge on any atom is 0.134 e. The number of fused-ring (bicyclic) bond motifs is 1. The van der Waals surface area contributed by atoms with Gasteiger partial charge >= 0.3 is 0 Å². The number of hydrogen-bond donors (Lipinski definition) is 1. The molecule has 0 radical (unpaired) electrons. The van der Waals surface area contributed by atoms with Gasteiger partial charge in [-0.1, -0.05) is 41.9 Å². The number of nitrogens with one attached hydrogen (secondary N) is 1. The van der Waals surface area contributed by atoms with Gasteiger partial charge in [-0.15, -0.1) is 0 Å². The molecular formula is C17H16ClNO. The normalized spacial score (nSPS) is 11.1. The lowest BCUT2D eigenvalue weighted by Crippen LogP contribution is -2.16. The number of furan rings is 1. The van der Waals surface area contributed by atoms with Gasteiger partial charge in [-0.05, 0) is 42.8 Å². The third kappa shape index (κ3) is 3.21. The van der Waals surface area contributed by atoms with Crippen molar-refractivity contribution in [1.82, 2.24) is 5.32 Å². The summed E-state index contributed by atoms with van der Waals surface area (Å²) in [6.45, 7) is 1.67. The summed E-state index contributed by atoms with van der Waals surface area (Å²) >= 11 is 5.86. The average molecular weight is 286 g/mol. The summed E-state index contributed by atoms with van der Waals surface area (Å²) < 4.78 is 5.76. The van der Waals surface area contributed by atoms with Crippen LogP contribution in [0.2, 0.25) is 5.02 Å². The SMILES string of the molecule is Clc1ccc(CCNCc2cc3ccccc3o2)cc1. The van der Waals surface area contributed by atoms with Crippen molar-refractivity contribution in [2.45, 2.75) is 13.0 Å². The Kier molecular flexibility index (Phi) is 4.05. The van der Waals surface area contributed by atoms with Gasteiger partial charge in [-0.2, -0.15) is 0 Å². The first kappa shape index (κ1) is 13.2. The van der Waals surface area contributed by atoms with Crippen LogP contribution < -0.4 is 5.32 Å². The molecule has 102 valence electrons. The van der Waals surface area contributed by atoms with Crippen molar-refractivity contribution < 1.29 is 4.42 Å². The van der Waals surface area contributed by atoms with E-state index in [0.29, 0.717) is 0 Å². The Balaban J connectivity index is 1.51. The zero-order valence-corrected chi connectivity index (χ0v) is 11.9. The molecule has 0 spiro atoms. The van der Waals surface area contributed by atoms with Crippen molar-refractivity contribution in [3.8, 4) is 0 Å². The van der Waals surface area contributed by atoms with Gasteiger partial charge in [0.05, 0.1) is 6.54 Å². The van der Waals surface area contributed by atoms with Crippen LogP contribution in [0.1, 0.15) is 11.3 Å². The fraction of sp³-hybridized carbons (Fsp3) is 0.176. The van der Waals surface area contributed by atoms with E-state index in [2.05, 4.69) is 29.6 Å². The van der Waals surface area contributed by atoms with Crippen LogP contribution in [0.15, 0.2) is 59.0 Å². The van der Waals surface area contributed by atoms with Gasteiger partial charge in [-0.3, -0.25) is 0 Å². The maximum absolute atomic E-state index is 5.86. The van der Waals surface area contributed by atoms with E-state index >= 15 is 0 Å². The predicted octanol–water partition coefficient (Wildman–Crippen LogP) is 4.42. The minimum atomic E-state index is 0.752. The number of hydrogen-bond acceptors (Lipinski definition) is 2. The second-order valence-electron chi connectivity index (χ2n) is 4.80. The van der Waals surface area contributed by atoms with Gasteiger partial charge in [0, 0.05) is 10.4 Å². The molecule has 0 unspecified atom stereocenters. The van der Waals surface area contributed by atoms with Gasteiger partial charge in [0.1, 0.15) is 11.3 Å². The highest BCUT2D eigenvalue weighted by Crippen LogP contribution is 2.18. The second kappa shape index (κ2) is 6.12. The third-order valence-corrected chi connectivity index (χ3v) is 3.53. The Hall–Kier alpha value is -1.77. The molecule has 0 amide bonds. The van der Waals surface area contributed by atoms with E-state index in [1.165, 1.54) is 5.56 Å². The summed E-state index contributed by atoms with van der Waals surface area (Å²) in [6, 6.07) is 18.1.